The van der Waals surface area contributed by atoms with Crippen LogP contribution in [0.2, 0.25) is 0 Å². The minimum absolute atomic E-state index is 0.0247. The van der Waals surface area contributed by atoms with E-state index in [9.17, 15) is 19.2 Å². The highest BCUT2D eigenvalue weighted by Gasteiger charge is 2.48. The molecule has 1 aliphatic rings. The first-order valence-corrected chi connectivity index (χ1v) is 14.8. The zero-order chi connectivity index (χ0) is 32.0. The molecule has 1 heterocycles. The highest BCUT2D eigenvalue weighted by Crippen LogP contribution is 2.43. The van der Waals surface area contributed by atoms with E-state index in [1.54, 1.807) is 32.9 Å². The molecule has 4 aromatic rings. The standard InChI is InChI=1S/C37H35NO7/c1-37(2,3)45-35(41)32(39)28-21-19-25(20-22-28)23-30-34(40)44-33(29-17-11-6-12-18-29)31(27-15-9-5-10-16-27)38(30)36(42)43-24-26-13-7-4-8-14-26/h4-22,30-31,33H,23-24H2,1-3H3/t30-,31-,33+/m0/s1. The van der Waals surface area contributed by atoms with Gasteiger partial charge in [0.05, 0.1) is 0 Å². The van der Waals surface area contributed by atoms with Crippen molar-refractivity contribution in [2.75, 3.05) is 0 Å². The molecule has 0 saturated carbocycles. The summed E-state index contributed by atoms with van der Waals surface area (Å²) in [6.45, 7) is 5.08. The van der Waals surface area contributed by atoms with Gasteiger partial charge in [-0.1, -0.05) is 115 Å². The predicted octanol–water partition coefficient (Wildman–Crippen LogP) is 6.80. The van der Waals surface area contributed by atoms with Crippen molar-refractivity contribution in [3.63, 3.8) is 0 Å². The number of ether oxygens (including phenoxy) is 3. The van der Waals surface area contributed by atoms with Crippen LogP contribution in [0.3, 0.4) is 0 Å². The van der Waals surface area contributed by atoms with Gasteiger partial charge in [-0.25, -0.2) is 14.4 Å². The van der Waals surface area contributed by atoms with Gasteiger partial charge >= 0.3 is 18.0 Å². The van der Waals surface area contributed by atoms with E-state index in [1.807, 2.05) is 91.0 Å². The van der Waals surface area contributed by atoms with Crippen molar-refractivity contribution in [2.24, 2.45) is 0 Å². The van der Waals surface area contributed by atoms with Crippen LogP contribution < -0.4 is 0 Å². The lowest BCUT2D eigenvalue weighted by molar-refractivity contribution is -0.173. The molecule has 3 atom stereocenters. The van der Waals surface area contributed by atoms with Crippen LogP contribution in [0.15, 0.2) is 115 Å². The Morgan fingerprint density at radius 1 is 0.733 bits per heavy atom. The molecule has 4 aromatic carbocycles. The molecular weight excluding hydrogens is 570 g/mol. The van der Waals surface area contributed by atoms with Crippen LogP contribution in [0.25, 0.3) is 0 Å². The Morgan fingerprint density at radius 2 is 1.29 bits per heavy atom. The van der Waals surface area contributed by atoms with Gasteiger partial charge in [-0.2, -0.15) is 0 Å². The van der Waals surface area contributed by atoms with Crippen molar-refractivity contribution < 1.29 is 33.4 Å². The van der Waals surface area contributed by atoms with Gasteiger partial charge in [-0.15, -0.1) is 0 Å². The summed E-state index contributed by atoms with van der Waals surface area (Å²) in [5, 5.41) is 0. The smallest absolute Gasteiger partial charge is 0.411 e. The average Bonchev–Trinajstić information content (AvgIpc) is 3.04. The molecular formula is C37H35NO7. The minimum atomic E-state index is -1.04. The second kappa shape index (κ2) is 13.6. The second-order valence-corrected chi connectivity index (χ2v) is 11.8. The molecule has 1 fully saturated rings. The van der Waals surface area contributed by atoms with Gasteiger partial charge in [-0.3, -0.25) is 9.69 Å². The first-order chi connectivity index (χ1) is 21.6. The van der Waals surface area contributed by atoms with E-state index in [0.717, 1.165) is 16.7 Å². The van der Waals surface area contributed by atoms with Crippen molar-refractivity contribution in [1.29, 1.82) is 0 Å². The predicted molar refractivity (Wildman–Crippen MR) is 167 cm³/mol. The lowest BCUT2D eigenvalue weighted by atomic mass is 9.90. The maximum atomic E-state index is 14.0. The van der Waals surface area contributed by atoms with Crippen molar-refractivity contribution in [3.8, 4) is 0 Å². The van der Waals surface area contributed by atoms with Gasteiger partial charge in [0.25, 0.3) is 5.78 Å². The number of Topliss-reactive ketones (excluding diaryl/α,β-unsaturated/α-hetero) is 1. The molecule has 1 saturated heterocycles. The zero-order valence-electron chi connectivity index (χ0n) is 25.4. The summed E-state index contributed by atoms with van der Waals surface area (Å²) in [4.78, 5) is 54.2. The van der Waals surface area contributed by atoms with Gasteiger partial charge < -0.3 is 14.2 Å². The number of rotatable bonds is 8. The van der Waals surface area contributed by atoms with Gasteiger partial charge in [-0.05, 0) is 43.0 Å². The Kier molecular flexibility index (Phi) is 9.42. The van der Waals surface area contributed by atoms with Crippen LogP contribution in [0.5, 0.6) is 0 Å². The largest absolute Gasteiger partial charge is 0.454 e. The molecule has 230 valence electrons. The summed E-state index contributed by atoms with van der Waals surface area (Å²) in [6, 6.07) is 32.6. The Labute approximate surface area is 262 Å². The quantitative estimate of drug-likeness (QED) is 0.0943. The van der Waals surface area contributed by atoms with Crippen LogP contribution in [0.4, 0.5) is 4.79 Å². The summed E-state index contributed by atoms with van der Waals surface area (Å²) in [7, 11) is 0. The van der Waals surface area contributed by atoms with E-state index in [2.05, 4.69) is 0 Å². The van der Waals surface area contributed by atoms with Crippen LogP contribution in [0, 0.1) is 0 Å². The number of esters is 2. The summed E-state index contributed by atoms with van der Waals surface area (Å²) in [5.74, 6) is -2.30. The number of carbonyl (C=O) groups excluding carboxylic acids is 4. The van der Waals surface area contributed by atoms with E-state index in [0.29, 0.717) is 5.56 Å². The molecule has 0 aliphatic carbocycles. The lowest BCUT2D eigenvalue weighted by Gasteiger charge is -2.44. The Bertz CT molecular complexity index is 1630. The third-order valence-electron chi connectivity index (χ3n) is 7.35. The number of ketones is 1. The maximum absolute atomic E-state index is 14.0. The first kappa shape index (κ1) is 31.2. The molecule has 0 aromatic heterocycles. The van der Waals surface area contributed by atoms with Crippen molar-refractivity contribution in [3.05, 3.63) is 143 Å². The van der Waals surface area contributed by atoms with Gasteiger partial charge in [0.15, 0.2) is 6.10 Å². The highest BCUT2D eigenvalue weighted by atomic mass is 16.6. The normalized spacial score (nSPS) is 18.1. The number of nitrogens with zero attached hydrogens (tertiary/aromatic N) is 1. The molecule has 0 radical (unpaired) electrons. The van der Waals surface area contributed by atoms with Gasteiger partial charge in [0, 0.05) is 12.0 Å². The Hall–Kier alpha value is -5.24. The zero-order valence-corrected chi connectivity index (χ0v) is 25.4. The minimum Gasteiger partial charge on any atom is -0.454 e. The Balaban J connectivity index is 1.48. The lowest BCUT2D eigenvalue weighted by Crippen LogP contribution is -2.55. The maximum Gasteiger partial charge on any atom is 0.411 e. The summed E-state index contributed by atoms with van der Waals surface area (Å²) in [6.07, 6.45) is -1.35. The number of morpholine rings is 1. The SMILES string of the molecule is CC(C)(C)OC(=O)C(=O)c1ccc(C[C@H]2C(=O)O[C@H](c3ccccc3)[C@H](c3ccccc3)N2C(=O)OCc2ccccc2)cc1. The van der Waals surface area contributed by atoms with E-state index >= 15 is 0 Å². The van der Waals surface area contributed by atoms with E-state index < -0.39 is 47.6 Å². The topological polar surface area (TPSA) is 99.2 Å². The molecule has 1 aliphatic heterocycles. The molecule has 1 amide bonds. The van der Waals surface area contributed by atoms with Crippen LogP contribution in [-0.4, -0.2) is 40.4 Å². The fourth-order valence-corrected chi connectivity index (χ4v) is 5.27. The van der Waals surface area contributed by atoms with E-state index in [1.165, 1.54) is 17.0 Å². The first-order valence-electron chi connectivity index (χ1n) is 14.8. The number of hydrogen-bond donors (Lipinski definition) is 0. The molecule has 0 unspecified atom stereocenters. The average molecular weight is 606 g/mol. The second-order valence-electron chi connectivity index (χ2n) is 11.8. The fraction of sp³-hybridized carbons (Fsp3) is 0.243. The third kappa shape index (κ3) is 7.65. The van der Waals surface area contributed by atoms with Crippen LogP contribution in [0.1, 0.15) is 65.5 Å². The number of benzene rings is 4. The number of amides is 1. The van der Waals surface area contributed by atoms with Gasteiger partial charge in [0.2, 0.25) is 0 Å². The summed E-state index contributed by atoms with van der Waals surface area (Å²) in [5.41, 5.74) is 2.33. The van der Waals surface area contributed by atoms with Gasteiger partial charge in [0.1, 0.15) is 24.3 Å². The summed E-state index contributed by atoms with van der Waals surface area (Å²) < 4.78 is 17.1. The monoisotopic (exact) mass is 605 g/mol. The molecule has 45 heavy (non-hydrogen) atoms. The van der Waals surface area contributed by atoms with Crippen LogP contribution in [-0.2, 0) is 36.8 Å². The number of carbonyl (C=O) groups is 4. The van der Waals surface area contributed by atoms with Crippen LogP contribution >= 0.6 is 0 Å². The fourth-order valence-electron chi connectivity index (χ4n) is 5.27. The number of hydrogen-bond acceptors (Lipinski definition) is 7. The Morgan fingerprint density at radius 3 is 1.87 bits per heavy atom. The summed E-state index contributed by atoms with van der Waals surface area (Å²) >= 11 is 0. The molecule has 5 rings (SSSR count). The third-order valence-corrected chi connectivity index (χ3v) is 7.35. The molecule has 8 heteroatoms. The van der Waals surface area contributed by atoms with Crippen molar-refractivity contribution in [2.45, 2.75) is 57.6 Å². The molecule has 0 bridgehead atoms. The van der Waals surface area contributed by atoms with E-state index in [4.69, 9.17) is 14.2 Å². The van der Waals surface area contributed by atoms with Crippen molar-refractivity contribution in [1.82, 2.24) is 4.90 Å². The van der Waals surface area contributed by atoms with E-state index in [-0.39, 0.29) is 18.6 Å². The molecule has 0 N–H and O–H groups in total. The molecule has 8 nitrogen and oxygen atoms in total. The highest BCUT2D eigenvalue weighted by molar-refractivity contribution is 6.40. The number of cyclic esters (lactones) is 1. The molecule has 0 spiro atoms. The van der Waals surface area contributed by atoms with Crippen molar-refractivity contribution >= 4 is 23.8 Å².